The van der Waals surface area contributed by atoms with Gasteiger partial charge in [0.15, 0.2) is 11.5 Å². The highest BCUT2D eigenvalue weighted by molar-refractivity contribution is 5.94. The average Bonchev–Trinajstić information content (AvgIpc) is 3.36. The quantitative estimate of drug-likeness (QED) is 0.259. The summed E-state index contributed by atoms with van der Waals surface area (Å²) >= 11 is 0. The maximum absolute atomic E-state index is 13.1. The number of aryl methyl sites for hydroxylation is 1. The van der Waals surface area contributed by atoms with Crippen molar-refractivity contribution in [1.29, 1.82) is 0 Å². The predicted octanol–water partition coefficient (Wildman–Crippen LogP) is 5.35. The van der Waals surface area contributed by atoms with E-state index in [2.05, 4.69) is 10.3 Å². The van der Waals surface area contributed by atoms with E-state index in [1.54, 1.807) is 6.20 Å². The molecule has 10 heteroatoms. The number of methoxy groups -OCH3 is 1. The van der Waals surface area contributed by atoms with Gasteiger partial charge in [-0.3, -0.25) is 14.2 Å². The van der Waals surface area contributed by atoms with Crippen LogP contribution < -0.4 is 11.1 Å². The van der Waals surface area contributed by atoms with E-state index in [0.29, 0.717) is 45.6 Å². The Morgan fingerprint density at radius 3 is 2.42 bits per heavy atom. The number of fused-ring (bicyclic) bond motifs is 1. The number of rotatable bonds is 6. The van der Waals surface area contributed by atoms with Gasteiger partial charge in [-0.1, -0.05) is 30.3 Å². The molecular weight excluding hydrogens is 542 g/mol. The van der Waals surface area contributed by atoms with Crippen molar-refractivity contribution in [2.75, 3.05) is 18.2 Å². The molecule has 0 aliphatic heterocycles. The number of imidazole rings is 1. The summed E-state index contributed by atoms with van der Waals surface area (Å²) in [5.41, 5.74) is 11.5. The highest BCUT2D eigenvalue weighted by atomic mass is 16.5. The first-order valence-electron chi connectivity index (χ1n) is 14.4. The number of benzene rings is 1. The molecule has 3 N–H and O–H groups in total. The highest BCUT2D eigenvalue weighted by Crippen LogP contribution is 2.61. The molecule has 10 nitrogen and oxygen atoms in total. The van der Waals surface area contributed by atoms with Gasteiger partial charge >= 0.3 is 5.97 Å². The number of carbonyl (C=O) groups is 2. The smallest absolute Gasteiger partial charge is 0.308 e. The fourth-order valence-electron chi connectivity index (χ4n) is 6.59. The van der Waals surface area contributed by atoms with Crippen LogP contribution in [0.25, 0.3) is 39.6 Å². The molecule has 0 radical (unpaired) electrons. The topological polar surface area (TPSA) is 138 Å². The summed E-state index contributed by atoms with van der Waals surface area (Å²) in [6.45, 7) is 1.87. The molecule has 4 heterocycles. The van der Waals surface area contributed by atoms with Crippen LogP contribution in [0.4, 0.5) is 11.5 Å². The number of nitrogens with two attached hydrogens (primary N) is 1. The van der Waals surface area contributed by atoms with Gasteiger partial charge in [0.05, 0.1) is 35.7 Å². The Morgan fingerprint density at radius 2 is 1.70 bits per heavy atom. The van der Waals surface area contributed by atoms with Gasteiger partial charge in [0.25, 0.3) is 0 Å². The number of nitrogen functional groups attached to an aromatic ring is 1. The molecule has 1 aromatic carbocycles. The lowest BCUT2D eigenvalue weighted by Crippen LogP contribution is -2.52. The molecule has 2 saturated carbocycles. The van der Waals surface area contributed by atoms with Crippen LogP contribution in [-0.4, -0.2) is 43.5 Å². The second-order valence-corrected chi connectivity index (χ2v) is 11.6. The molecule has 0 atom stereocenters. The Labute approximate surface area is 248 Å². The first kappa shape index (κ1) is 26.8. The monoisotopic (exact) mass is 573 g/mol. The molecular formula is C33H31N7O3. The zero-order valence-electron chi connectivity index (χ0n) is 23.9. The Balaban J connectivity index is 1.19. The Hall–Kier alpha value is -5.12. The molecule has 1 amide bonds. The minimum Gasteiger partial charge on any atom is -0.469 e. The fraction of sp³-hybridized carbons (Fsp3) is 0.273. The van der Waals surface area contributed by atoms with E-state index in [9.17, 15) is 9.59 Å². The molecule has 1 spiro atoms. The Kier molecular flexibility index (Phi) is 6.41. The van der Waals surface area contributed by atoms with Crippen LogP contribution in [0.1, 0.15) is 31.4 Å². The van der Waals surface area contributed by atoms with Crippen LogP contribution in [0, 0.1) is 24.2 Å². The minimum atomic E-state index is -0.146. The largest absolute Gasteiger partial charge is 0.469 e. The van der Waals surface area contributed by atoms with Crippen LogP contribution in [0.5, 0.6) is 0 Å². The number of aromatic nitrogens is 5. The van der Waals surface area contributed by atoms with Crippen molar-refractivity contribution >= 4 is 34.5 Å². The second-order valence-electron chi connectivity index (χ2n) is 11.6. The molecule has 4 aromatic heterocycles. The van der Waals surface area contributed by atoms with Crippen molar-refractivity contribution < 1.29 is 14.3 Å². The average molecular weight is 574 g/mol. The normalized spacial score (nSPS) is 20.8. The van der Waals surface area contributed by atoms with Crippen LogP contribution in [0.2, 0.25) is 0 Å². The zero-order chi connectivity index (χ0) is 29.7. The second kappa shape index (κ2) is 10.3. The molecule has 2 aliphatic carbocycles. The molecule has 2 fully saturated rings. The maximum atomic E-state index is 13.1. The summed E-state index contributed by atoms with van der Waals surface area (Å²) in [6, 6.07) is 21.3. The summed E-state index contributed by atoms with van der Waals surface area (Å²) in [5, 5.41) is 3.08. The molecule has 7 rings (SSSR count). The molecule has 2 aliphatic rings. The van der Waals surface area contributed by atoms with Crippen LogP contribution in [0.15, 0.2) is 72.9 Å². The number of carbonyl (C=O) groups excluding carboxylic acids is 2. The predicted molar refractivity (Wildman–Crippen MR) is 163 cm³/mol. The third kappa shape index (κ3) is 4.68. The van der Waals surface area contributed by atoms with Gasteiger partial charge in [0.2, 0.25) is 5.91 Å². The summed E-state index contributed by atoms with van der Waals surface area (Å²) in [4.78, 5) is 43.9. The van der Waals surface area contributed by atoms with Crippen molar-refractivity contribution in [2.45, 2.75) is 32.6 Å². The van der Waals surface area contributed by atoms with Crippen molar-refractivity contribution in [3.8, 4) is 28.5 Å². The fourth-order valence-corrected chi connectivity index (χ4v) is 6.59. The molecule has 5 aromatic rings. The first-order valence-corrected chi connectivity index (χ1v) is 14.4. The number of ether oxygens (including phenoxy) is 1. The number of amides is 1. The molecule has 0 unspecified atom stereocenters. The SMILES string of the molecule is COC(=O)C1CC2(CC(C(=O)Nc3ccc(-n4c(-c5cccnc5N)nc5ccc(-c6ccccc6)nc54)nc3C)C2)C1. The van der Waals surface area contributed by atoms with E-state index >= 15 is 0 Å². The summed E-state index contributed by atoms with van der Waals surface area (Å²) in [5.74, 6) is 1.26. The van der Waals surface area contributed by atoms with Gasteiger partial charge in [-0.05, 0) is 74.4 Å². The minimum absolute atomic E-state index is 0.0177. The van der Waals surface area contributed by atoms with Gasteiger partial charge in [-0.15, -0.1) is 0 Å². The van der Waals surface area contributed by atoms with Gasteiger partial charge in [-0.25, -0.2) is 19.9 Å². The van der Waals surface area contributed by atoms with Crippen molar-refractivity contribution in [2.24, 2.45) is 17.3 Å². The van der Waals surface area contributed by atoms with E-state index in [-0.39, 0.29) is 29.1 Å². The molecule has 0 saturated heterocycles. The van der Waals surface area contributed by atoms with E-state index in [1.165, 1.54) is 7.11 Å². The molecule has 216 valence electrons. The number of esters is 1. The van der Waals surface area contributed by atoms with E-state index in [4.69, 9.17) is 25.4 Å². The number of hydrogen-bond donors (Lipinski definition) is 2. The third-order valence-corrected chi connectivity index (χ3v) is 8.83. The lowest BCUT2D eigenvalue weighted by atomic mass is 9.48. The molecule has 43 heavy (non-hydrogen) atoms. The lowest BCUT2D eigenvalue weighted by Gasteiger charge is -2.56. The summed E-state index contributed by atoms with van der Waals surface area (Å²) in [7, 11) is 1.43. The Morgan fingerprint density at radius 1 is 0.930 bits per heavy atom. The lowest BCUT2D eigenvalue weighted by molar-refractivity contribution is -0.163. The highest BCUT2D eigenvalue weighted by Gasteiger charge is 2.56. The van der Waals surface area contributed by atoms with E-state index < -0.39 is 0 Å². The number of hydrogen-bond acceptors (Lipinski definition) is 8. The van der Waals surface area contributed by atoms with Crippen molar-refractivity contribution in [1.82, 2.24) is 24.5 Å². The van der Waals surface area contributed by atoms with Crippen LogP contribution in [0.3, 0.4) is 0 Å². The summed E-state index contributed by atoms with van der Waals surface area (Å²) in [6.07, 6.45) is 4.85. The van der Waals surface area contributed by atoms with Crippen molar-refractivity contribution in [3.63, 3.8) is 0 Å². The first-order chi connectivity index (χ1) is 20.8. The number of nitrogens with zero attached hydrogens (tertiary/aromatic N) is 5. The van der Waals surface area contributed by atoms with Gasteiger partial charge in [-0.2, -0.15) is 0 Å². The van der Waals surface area contributed by atoms with Crippen molar-refractivity contribution in [3.05, 3.63) is 78.6 Å². The van der Waals surface area contributed by atoms with E-state index in [0.717, 1.165) is 36.9 Å². The summed E-state index contributed by atoms with van der Waals surface area (Å²) < 4.78 is 6.75. The van der Waals surface area contributed by atoms with Gasteiger partial charge in [0.1, 0.15) is 17.2 Å². The van der Waals surface area contributed by atoms with Gasteiger partial charge in [0, 0.05) is 17.7 Å². The van der Waals surface area contributed by atoms with Gasteiger partial charge < -0.3 is 15.8 Å². The standard InChI is InChI=1S/C33H31N7O3/c1-19-24(39-31(41)21-15-33(16-21)17-22(18-33)32(42)43-2)12-13-27(36-19)40-29(23-9-6-14-35-28(23)34)38-26-11-10-25(37-30(26)40)20-7-4-3-5-8-20/h3-14,21-22H,15-18H2,1-2H3,(H2,34,35)(H,39,41). The van der Waals surface area contributed by atoms with E-state index in [1.807, 2.05) is 78.2 Å². The number of pyridine rings is 3. The Bertz CT molecular complexity index is 1870. The third-order valence-electron chi connectivity index (χ3n) is 8.83. The van der Waals surface area contributed by atoms with Crippen LogP contribution >= 0.6 is 0 Å². The molecule has 0 bridgehead atoms. The van der Waals surface area contributed by atoms with Crippen LogP contribution in [-0.2, 0) is 14.3 Å². The maximum Gasteiger partial charge on any atom is 0.308 e. The number of anilines is 2. The number of nitrogens with one attached hydrogen (secondary N) is 1. The zero-order valence-corrected chi connectivity index (χ0v) is 23.9.